The van der Waals surface area contributed by atoms with Crippen LogP contribution in [0.15, 0.2) is 24.3 Å². The molecule has 0 aromatic heterocycles. The molecule has 6 nitrogen and oxygen atoms in total. The predicted molar refractivity (Wildman–Crippen MR) is 83.6 cm³/mol. The maximum absolute atomic E-state index is 12.1. The Kier molecular flexibility index (Phi) is 6.68. The number of nitrogen functional groups attached to an aromatic ring is 1. The lowest BCUT2D eigenvalue weighted by molar-refractivity contribution is -0.124. The average molecular weight is 292 g/mol. The van der Waals surface area contributed by atoms with Gasteiger partial charge >= 0.3 is 6.03 Å². The Morgan fingerprint density at radius 2 is 1.95 bits per heavy atom. The average Bonchev–Trinajstić information content (AvgIpc) is 2.46. The summed E-state index contributed by atoms with van der Waals surface area (Å²) >= 11 is 0. The van der Waals surface area contributed by atoms with Crippen molar-refractivity contribution in [2.75, 3.05) is 18.8 Å². The Hall–Kier alpha value is -2.08. The molecule has 1 unspecified atom stereocenters. The molecule has 1 aromatic rings. The number of anilines is 1. The number of carbonyl (C=O) groups is 2. The molecule has 6 heteroatoms. The SMILES string of the molecule is CCNC(=O)NC(=O)C(C)N(CC)Cc1ccccc1N. The van der Waals surface area contributed by atoms with Gasteiger partial charge in [-0.1, -0.05) is 25.1 Å². The monoisotopic (exact) mass is 292 g/mol. The quantitative estimate of drug-likeness (QED) is 0.690. The van der Waals surface area contributed by atoms with Crippen LogP contribution in [0.4, 0.5) is 10.5 Å². The van der Waals surface area contributed by atoms with Crippen molar-refractivity contribution in [3.05, 3.63) is 29.8 Å². The van der Waals surface area contributed by atoms with E-state index in [0.29, 0.717) is 25.3 Å². The highest BCUT2D eigenvalue weighted by molar-refractivity contribution is 5.96. The number of para-hydroxylation sites is 1. The summed E-state index contributed by atoms with van der Waals surface area (Å²) in [7, 11) is 0. The minimum Gasteiger partial charge on any atom is -0.398 e. The lowest BCUT2D eigenvalue weighted by Gasteiger charge is -2.27. The van der Waals surface area contributed by atoms with Crippen LogP contribution < -0.4 is 16.4 Å². The third-order valence-corrected chi connectivity index (χ3v) is 3.34. The second-order valence-electron chi connectivity index (χ2n) is 4.79. The summed E-state index contributed by atoms with van der Waals surface area (Å²) in [5.41, 5.74) is 7.60. The van der Waals surface area contributed by atoms with Crippen LogP contribution in [0.2, 0.25) is 0 Å². The fraction of sp³-hybridized carbons (Fsp3) is 0.467. The zero-order valence-electron chi connectivity index (χ0n) is 12.8. The maximum atomic E-state index is 12.1. The number of rotatable bonds is 6. The van der Waals surface area contributed by atoms with E-state index >= 15 is 0 Å². The normalized spacial score (nSPS) is 12.0. The van der Waals surface area contributed by atoms with Gasteiger partial charge in [0.15, 0.2) is 0 Å². The number of amides is 3. The number of carbonyl (C=O) groups excluding carboxylic acids is 2. The smallest absolute Gasteiger partial charge is 0.321 e. The third-order valence-electron chi connectivity index (χ3n) is 3.34. The molecule has 0 bridgehead atoms. The summed E-state index contributed by atoms with van der Waals surface area (Å²) in [5.74, 6) is -0.322. The van der Waals surface area contributed by atoms with E-state index in [1.54, 1.807) is 13.8 Å². The first-order valence-electron chi connectivity index (χ1n) is 7.15. The van der Waals surface area contributed by atoms with Gasteiger partial charge in [-0.25, -0.2) is 4.79 Å². The molecule has 116 valence electrons. The zero-order chi connectivity index (χ0) is 15.8. The van der Waals surface area contributed by atoms with Crippen LogP contribution in [-0.2, 0) is 11.3 Å². The predicted octanol–water partition coefficient (Wildman–Crippen LogP) is 1.32. The van der Waals surface area contributed by atoms with Crippen molar-refractivity contribution in [2.45, 2.75) is 33.4 Å². The van der Waals surface area contributed by atoms with Crippen molar-refractivity contribution >= 4 is 17.6 Å². The van der Waals surface area contributed by atoms with Crippen LogP contribution in [0.3, 0.4) is 0 Å². The molecule has 0 radical (unpaired) electrons. The van der Waals surface area contributed by atoms with E-state index in [1.165, 1.54) is 0 Å². The van der Waals surface area contributed by atoms with Crippen molar-refractivity contribution in [1.29, 1.82) is 0 Å². The Balaban J connectivity index is 2.68. The summed E-state index contributed by atoms with van der Waals surface area (Å²) in [6.07, 6.45) is 0. The molecule has 0 spiro atoms. The van der Waals surface area contributed by atoms with E-state index in [2.05, 4.69) is 10.6 Å². The molecule has 1 aromatic carbocycles. The van der Waals surface area contributed by atoms with Crippen LogP contribution in [0.5, 0.6) is 0 Å². The first kappa shape index (κ1) is 17.0. The first-order chi connectivity index (χ1) is 9.99. The van der Waals surface area contributed by atoms with Gasteiger partial charge in [-0.15, -0.1) is 0 Å². The molecular weight excluding hydrogens is 268 g/mol. The number of hydrogen-bond donors (Lipinski definition) is 3. The number of nitrogens with one attached hydrogen (secondary N) is 2. The van der Waals surface area contributed by atoms with Gasteiger partial charge in [-0.3, -0.25) is 15.0 Å². The number of benzene rings is 1. The molecule has 21 heavy (non-hydrogen) atoms. The highest BCUT2D eigenvalue weighted by atomic mass is 16.2. The van der Waals surface area contributed by atoms with Crippen LogP contribution in [-0.4, -0.2) is 36.0 Å². The summed E-state index contributed by atoms with van der Waals surface area (Å²) in [6, 6.07) is 6.68. The van der Waals surface area contributed by atoms with Gasteiger partial charge in [0.25, 0.3) is 0 Å². The molecule has 0 fully saturated rings. The standard InChI is InChI=1S/C15H24N4O2/c1-4-17-15(21)18-14(20)11(3)19(5-2)10-12-8-6-7-9-13(12)16/h6-9,11H,4-5,10,16H2,1-3H3,(H2,17,18,20,21). The number of imide groups is 1. The van der Waals surface area contributed by atoms with E-state index in [0.717, 1.165) is 5.56 Å². The number of nitrogens with two attached hydrogens (primary N) is 1. The van der Waals surface area contributed by atoms with Gasteiger partial charge in [0.1, 0.15) is 0 Å². The summed E-state index contributed by atoms with van der Waals surface area (Å²) in [5, 5.41) is 4.87. The molecule has 0 aliphatic rings. The van der Waals surface area contributed by atoms with Crippen LogP contribution in [0, 0.1) is 0 Å². The topological polar surface area (TPSA) is 87.5 Å². The summed E-state index contributed by atoms with van der Waals surface area (Å²) < 4.78 is 0. The van der Waals surface area contributed by atoms with E-state index in [9.17, 15) is 9.59 Å². The minimum atomic E-state index is -0.468. The van der Waals surface area contributed by atoms with Gasteiger partial charge in [0, 0.05) is 18.8 Å². The summed E-state index contributed by atoms with van der Waals surface area (Å²) in [4.78, 5) is 25.4. The lowest BCUT2D eigenvalue weighted by atomic mass is 10.1. The highest BCUT2D eigenvalue weighted by Crippen LogP contribution is 2.15. The fourth-order valence-corrected chi connectivity index (χ4v) is 2.01. The Labute approximate surface area is 125 Å². The second kappa shape index (κ2) is 8.26. The van der Waals surface area contributed by atoms with E-state index in [4.69, 9.17) is 5.73 Å². The van der Waals surface area contributed by atoms with Crippen molar-refractivity contribution in [2.24, 2.45) is 0 Å². The molecule has 0 heterocycles. The van der Waals surface area contributed by atoms with Crippen LogP contribution >= 0.6 is 0 Å². The number of urea groups is 1. The largest absolute Gasteiger partial charge is 0.398 e. The fourth-order valence-electron chi connectivity index (χ4n) is 2.01. The molecule has 0 aliphatic carbocycles. The van der Waals surface area contributed by atoms with Crippen LogP contribution in [0.1, 0.15) is 26.3 Å². The Morgan fingerprint density at radius 3 is 2.52 bits per heavy atom. The van der Waals surface area contributed by atoms with Crippen molar-refractivity contribution in [1.82, 2.24) is 15.5 Å². The molecule has 4 N–H and O–H groups in total. The van der Waals surface area contributed by atoms with Gasteiger partial charge in [-0.05, 0) is 32.0 Å². The molecule has 0 aliphatic heterocycles. The van der Waals surface area contributed by atoms with E-state index in [1.807, 2.05) is 36.1 Å². The molecule has 0 saturated carbocycles. The van der Waals surface area contributed by atoms with E-state index in [-0.39, 0.29) is 5.91 Å². The molecule has 0 saturated heterocycles. The van der Waals surface area contributed by atoms with E-state index < -0.39 is 12.1 Å². The van der Waals surface area contributed by atoms with Gasteiger partial charge in [0.05, 0.1) is 6.04 Å². The third kappa shape index (κ3) is 5.07. The first-order valence-corrected chi connectivity index (χ1v) is 7.15. The van der Waals surface area contributed by atoms with Gasteiger partial charge in [0.2, 0.25) is 5.91 Å². The Morgan fingerprint density at radius 1 is 1.29 bits per heavy atom. The molecule has 1 rings (SSSR count). The van der Waals surface area contributed by atoms with Crippen molar-refractivity contribution < 1.29 is 9.59 Å². The zero-order valence-corrected chi connectivity index (χ0v) is 12.8. The van der Waals surface area contributed by atoms with Crippen molar-refractivity contribution in [3.63, 3.8) is 0 Å². The molecule has 1 atom stereocenters. The number of hydrogen-bond acceptors (Lipinski definition) is 4. The second-order valence-corrected chi connectivity index (χ2v) is 4.79. The summed E-state index contributed by atoms with van der Waals surface area (Å²) in [6.45, 7) is 7.26. The molecular formula is C15H24N4O2. The number of nitrogens with zero attached hydrogens (tertiary/aromatic N) is 1. The van der Waals surface area contributed by atoms with Crippen LogP contribution in [0.25, 0.3) is 0 Å². The van der Waals surface area contributed by atoms with Gasteiger partial charge < -0.3 is 11.1 Å². The lowest BCUT2D eigenvalue weighted by Crippen LogP contribution is -2.49. The number of likely N-dealkylation sites (N-methyl/N-ethyl adjacent to an activating group) is 1. The minimum absolute atomic E-state index is 0.322. The molecule has 3 amide bonds. The van der Waals surface area contributed by atoms with Gasteiger partial charge in [-0.2, -0.15) is 0 Å². The van der Waals surface area contributed by atoms with Crippen molar-refractivity contribution in [3.8, 4) is 0 Å². The Bertz CT molecular complexity index is 490. The highest BCUT2D eigenvalue weighted by Gasteiger charge is 2.22. The maximum Gasteiger partial charge on any atom is 0.321 e.